The largest absolute Gasteiger partial charge is 0.309 e. The van der Waals surface area contributed by atoms with Crippen molar-refractivity contribution in [2.24, 2.45) is 0 Å². The Labute approximate surface area is 63.4 Å². The molecule has 0 spiro atoms. The molecule has 0 bridgehead atoms. The Morgan fingerprint density at radius 1 is 1.50 bits per heavy atom. The number of nitrogens with one attached hydrogen (secondary N) is 1. The van der Waals surface area contributed by atoms with Gasteiger partial charge in [0.05, 0.1) is 0 Å². The van der Waals surface area contributed by atoms with Crippen LogP contribution in [0.15, 0.2) is 0 Å². The minimum absolute atomic E-state index is 0.552. The minimum atomic E-state index is 0.552. The van der Waals surface area contributed by atoms with Crippen LogP contribution >= 0.6 is 0 Å². The van der Waals surface area contributed by atoms with Gasteiger partial charge in [-0.2, -0.15) is 0 Å². The Balaban J connectivity index is 2.36. The molecule has 0 amide bonds. The zero-order chi connectivity index (χ0) is 7.56. The average molecular weight is 141 g/mol. The van der Waals surface area contributed by atoms with Crippen molar-refractivity contribution in [1.82, 2.24) is 10.6 Å². The first kappa shape index (κ1) is 8.02. The number of hydrogen-bond acceptors (Lipinski definition) is 1. The molecule has 1 aliphatic heterocycles. The lowest BCUT2D eigenvalue weighted by atomic mass is 10.0. The Morgan fingerprint density at radius 2 is 2.20 bits per heavy atom. The predicted molar refractivity (Wildman–Crippen MR) is 43.1 cm³/mol. The van der Waals surface area contributed by atoms with Crippen LogP contribution in [0, 0.1) is 0 Å². The molecule has 0 aromatic carbocycles. The first-order valence-electron chi connectivity index (χ1n) is 4.16. The molecule has 1 radical (unpaired) electrons. The maximum Gasteiger partial charge on any atom is 0.0394 e. The maximum atomic E-state index is 4.55. The van der Waals surface area contributed by atoms with Crippen molar-refractivity contribution in [1.29, 1.82) is 0 Å². The molecule has 1 fully saturated rings. The molecule has 1 heterocycles. The monoisotopic (exact) mass is 141 g/mol. The molecule has 0 saturated carbocycles. The minimum Gasteiger partial charge on any atom is -0.309 e. The van der Waals surface area contributed by atoms with Crippen molar-refractivity contribution in [2.75, 3.05) is 6.54 Å². The van der Waals surface area contributed by atoms with Crippen LogP contribution in [-0.4, -0.2) is 24.7 Å². The van der Waals surface area contributed by atoms with Crippen LogP contribution in [0.3, 0.4) is 0 Å². The van der Waals surface area contributed by atoms with E-state index in [9.17, 15) is 0 Å². The fourth-order valence-electron chi connectivity index (χ4n) is 1.55. The van der Waals surface area contributed by atoms with Crippen LogP contribution in [0.1, 0.15) is 27.2 Å². The summed E-state index contributed by atoms with van der Waals surface area (Å²) in [6, 6.07) is 1.71. The fourth-order valence-corrected chi connectivity index (χ4v) is 1.55. The van der Waals surface area contributed by atoms with Crippen LogP contribution in [0.5, 0.6) is 0 Å². The van der Waals surface area contributed by atoms with E-state index in [0.29, 0.717) is 18.1 Å². The topological polar surface area (TPSA) is 26.1 Å². The molecule has 10 heavy (non-hydrogen) atoms. The normalized spacial score (nSPS) is 41.7. The van der Waals surface area contributed by atoms with Crippen LogP contribution in [-0.2, 0) is 0 Å². The second-order valence-corrected chi connectivity index (χ2v) is 3.20. The SMILES string of the molecule is CCC1[N]CC(C)NC1C. The Bertz CT molecular complexity index is 103. The lowest BCUT2D eigenvalue weighted by molar-refractivity contribution is 0.279. The molecule has 2 heteroatoms. The van der Waals surface area contributed by atoms with Crippen LogP contribution in [0.25, 0.3) is 0 Å². The number of hydrogen-bond donors (Lipinski definition) is 1. The molecule has 1 N–H and O–H groups in total. The van der Waals surface area contributed by atoms with Crippen molar-refractivity contribution in [3.05, 3.63) is 0 Å². The van der Waals surface area contributed by atoms with Gasteiger partial charge in [-0.05, 0) is 20.3 Å². The molecule has 0 aromatic heterocycles. The second kappa shape index (κ2) is 3.35. The van der Waals surface area contributed by atoms with Crippen molar-refractivity contribution >= 4 is 0 Å². The molecule has 1 aliphatic rings. The molecule has 0 aliphatic carbocycles. The Morgan fingerprint density at radius 3 is 2.70 bits per heavy atom. The third kappa shape index (κ3) is 1.70. The fraction of sp³-hybridized carbons (Fsp3) is 1.00. The van der Waals surface area contributed by atoms with Crippen LogP contribution in [0.2, 0.25) is 0 Å². The average Bonchev–Trinajstić information content (AvgIpc) is 1.88. The van der Waals surface area contributed by atoms with E-state index in [1.54, 1.807) is 0 Å². The number of piperazine rings is 1. The summed E-state index contributed by atoms with van der Waals surface area (Å²) in [6.45, 7) is 7.59. The highest BCUT2D eigenvalue weighted by Crippen LogP contribution is 2.05. The first-order chi connectivity index (χ1) is 4.74. The zero-order valence-corrected chi connectivity index (χ0v) is 7.09. The quantitative estimate of drug-likeness (QED) is 0.573. The van der Waals surface area contributed by atoms with Gasteiger partial charge >= 0.3 is 0 Å². The number of nitrogens with zero attached hydrogens (tertiary/aromatic N) is 1. The smallest absolute Gasteiger partial charge is 0.0394 e. The molecular formula is C8H17N2. The highest BCUT2D eigenvalue weighted by molar-refractivity contribution is 4.85. The molecule has 0 aromatic rings. The molecular weight excluding hydrogens is 124 g/mol. The van der Waals surface area contributed by atoms with E-state index in [2.05, 4.69) is 31.4 Å². The third-order valence-corrected chi connectivity index (χ3v) is 2.16. The lowest BCUT2D eigenvalue weighted by Crippen LogP contribution is -2.55. The summed E-state index contributed by atoms with van der Waals surface area (Å²) in [5.41, 5.74) is 0. The van der Waals surface area contributed by atoms with Gasteiger partial charge in [-0.3, -0.25) is 0 Å². The Hall–Kier alpha value is -0.0800. The van der Waals surface area contributed by atoms with E-state index in [1.165, 1.54) is 6.42 Å². The van der Waals surface area contributed by atoms with Gasteiger partial charge < -0.3 is 5.32 Å². The van der Waals surface area contributed by atoms with Crippen molar-refractivity contribution < 1.29 is 0 Å². The van der Waals surface area contributed by atoms with Gasteiger partial charge in [0.2, 0.25) is 0 Å². The molecule has 1 rings (SSSR count). The summed E-state index contributed by atoms with van der Waals surface area (Å²) in [6.07, 6.45) is 1.17. The molecule has 59 valence electrons. The first-order valence-corrected chi connectivity index (χ1v) is 4.16. The summed E-state index contributed by atoms with van der Waals surface area (Å²) in [5, 5.41) is 8.03. The highest BCUT2D eigenvalue weighted by atomic mass is 15.1. The van der Waals surface area contributed by atoms with E-state index < -0.39 is 0 Å². The van der Waals surface area contributed by atoms with Crippen molar-refractivity contribution in [2.45, 2.75) is 45.3 Å². The van der Waals surface area contributed by atoms with Gasteiger partial charge in [-0.15, -0.1) is 0 Å². The van der Waals surface area contributed by atoms with Crippen LogP contribution < -0.4 is 10.6 Å². The van der Waals surface area contributed by atoms with Gasteiger partial charge in [-0.1, -0.05) is 6.92 Å². The predicted octanol–water partition coefficient (Wildman–Crippen LogP) is 0.750. The van der Waals surface area contributed by atoms with Gasteiger partial charge in [-0.25, -0.2) is 5.32 Å². The van der Waals surface area contributed by atoms with E-state index in [1.807, 2.05) is 0 Å². The van der Waals surface area contributed by atoms with Gasteiger partial charge in [0.25, 0.3) is 0 Å². The van der Waals surface area contributed by atoms with E-state index in [-0.39, 0.29) is 0 Å². The third-order valence-electron chi connectivity index (χ3n) is 2.16. The van der Waals surface area contributed by atoms with Crippen molar-refractivity contribution in [3.63, 3.8) is 0 Å². The summed E-state index contributed by atoms with van der Waals surface area (Å²) >= 11 is 0. The van der Waals surface area contributed by atoms with E-state index in [4.69, 9.17) is 0 Å². The van der Waals surface area contributed by atoms with Crippen molar-refractivity contribution in [3.8, 4) is 0 Å². The van der Waals surface area contributed by atoms with Crippen LogP contribution in [0.4, 0.5) is 0 Å². The van der Waals surface area contributed by atoms with Gasteiger partial charge in [0.1, 0.15) is 0 Å². The zero-order valence-electron chi connectivity index (χ0n) is 7.09. The Kier molecular flexibility index (Phi) is 2.69. The lowest BCUT2D eigenvalue weighted by Gasteiger charge is -2.33. The highest BCUT2D eigenvalue weighted by Gasteiger charge is 2.22. The summed E-state index contributed by atoms with van der Waals surface area (Å²) < 4.78 is 0. The van der Waals surface area contributed by atoms with Gasteiger partial charge in [0.15, 0.2) is 0 Å². The summed E-state index contributed by atoms with van der Waals surface area (Å²) in [7, 11) is 0. The summed E-state index contributed by atoms with van der Waals surface area (Å²) in [5.74, 6) is 0. The number of rotatable bonds is 1. The standard InChI is InChI=1S/C8H17N2/c1-4-8-7(3)10-6(2)5-9-8/h6-8,10H,4-5H2,1-3H3. The maximum absolute atomic E-state index is 4.55. The molecule has 3 atom stereocenters. The summed E-state index contributed by atoms with van der Waals surface area (Å²) in [4.78, 5) is 0. The van der Waals surface area contributed by atoms with E-state index >= 15 is 0 Å². The molecule has 2 nitrogen and oxygen atoms in total. The molecule has 3 unspecified atom stereocenters. The second-order valence-electron chi connectivity index (χ2n) is 3.20. The van der Waals surface area contributed by atoms with Gasteiger partial charge in [0, 0.05) is 24.7 Å². The van der Waals surface area contributed by atoms with E-state index in [0.717, 1.165) is 6.54 Å². The molecule has 1 saturated heterocycles.